The van der Waals surface area contributed by atoms with Gasteiger partial charge in [-0.2, -0.15) is 0 Å². The number of esters is 2. The van der Waals surface area contributed by atoms with E-state index in [4.69, 9.17) is 14.2 Å². The van der Waals surface area contributed by atoms with Crippen LogP contribution in [0.2, 0.25) is 0 Å². The van der Waals surface area contributed by atoms with Crippen LogP contribution >= 0.6 is 0 Å². The molecular formula is C33H48O5. The average molecular weight is 525 g/mol. The van der Waals surface area contributed by atoms with Gasteiger partial charge in [0.15, 0.2) is 0 Å². The zero-order valence-electron chi connectivity index (χ0n) is 23.7. The summed E-state index contributed by atoms with van der Waals surface area (Å²) in [4.78, 5) is 22.9. The lowest BCUT2D eigenvalue weighted by molar-refractivity contribution is -0.141. The summed E-state index contributed by atoms with van der Waals surface area (Å²) >= 11 is 0. The zero-order chi connectivity index (χ0) is 27.3. The van der Waals surface area contributed by atoms with Crippen LogP contribution < -0.4 is 4.74 Å². The Kier molecular flexibility index (Phi) is 16.7. The average Bonchev–Trinajstić information content (AvgIpc) is 2.92. The summed E-state index contributed by atoms with van der Waals surface area (Å²) in [6, 6.07) is 15.7. The summed E-state index contributed by atoms with van der Waals surface area (Å²) in [5.41, 5.74) is 2.60. The molecule has 0 unspecified atom stereocenters. The molecule has 0 N–H and O–H groups in total. The number of hydrogen-bond donors (Lipinski definition) is 0. The third-order valence-electron chi connectivity index (χ3n) is 6.68. The Hall–Kier alpha value is -2.82. The molecule has 0 heterocycles. The van der Waals surface area contributed by atoms with E-state index in [1.54, 1.807) is 0 Å². The maximum absolute atomic E-state index is 12.2. The van der Waals surface area contributed by atoms with Crippen molar-refractivity contribution < 1.29 is 23.8 Å². The lowest BCUT2D eigenvalue weighted by Crippen LogP contribution is -2.06. The van der Waals surface area contributed by atoms with Crippen LogP contribution in [0.5, 0.6) is 5.75 Å². The molecule has 2 aromatic rings. The summed E-state index contributed by atoms with van der Waals surface area (Å²) in [6.07, 6.45) is 17.4. The molecule has 0 saturated heterocycles. The van der Waals surface area contributed by atoms with E-state index in [0.717, 1.165) is 42.6 Å². The van der Waals surface area contributed by atoms with Crippen molar-refractivity contribution in [2.45, 2.75) is 104 Å². The second-order valence-electron chi connectivity index (χ2n) is 9.94. The van der Waals surface area contributed by atoms with Crippen LogP contribution in [0.4, 0.5) is 0 Å². The number of unbranched alkanes of at least 4 members (excludes halogenated alkanes) is 13. The Balaban J connectivity index is 1.53. The van der Waals surface area contributed by atoms with Gasteiger partial charge in [-0.25, -0.2) is 4.79 Å². The minimum absolute atomic E-state index is 0.174. The molecule has 0 amide bonds. The minimum atomic E-state index is -0.315. The molecule has 0 fully saturated rings. The molecule has 2 rings (SSSR count). The van der Waals surface area contributed by atoms with Crippen LogP contribution in [0, 0.1) is 0 Å². The highest BCUT2D eigenvalue weighted by Gasteiger charge is 2.13. The van der Waals surface area contributed by atoms with Crippen molar-refractivity contribution in [3.05, 3.63) is 54.1 Å². The highest BCUT2D eigenvalue weighted by Crippen LogP contribution is 2.31. The fourth-order valence-electron chi connectivity index (χ4n) is 4.56. The molecular weight excluding hydrogens is 476 g/mol. The highest BCUT2D eigenvalue weighted by atomic mass is 16.5. The van der Waals surface area contributed by atoms with Gasteiger partial charge in [0.1, 0.15) is 5.75 Å². The molecule has 0 spiro atoms. The molecule has 2 aromatic carbocycles. The molecule has 38 heavy (non-hydrogen) atoms. The Labute approximate surface area is 230 Å². The van der Waals surface area contributed by atoms with E-state index in [2.05, 4.69) is 12.1 Å². The number of rotatable bonds is 21. The standard InChI is InChI=1S/C33H48O5/c1-3-36-33(35)30-23-24-31(29-21-17-16-18-22-29)32(27-30)38-26-20-15-13-11-9-7-5-4-6-8-10-12-14-19-25-37-28(2)34/h16-18,21-24,27H,3-15,19-20,25-26H2,1-2H3. The maximum atomic E-state index is 12.2. The largest absolute Gasteiger partial charge is 0.493 e. The predicted molar refractivity (Wildman–Crippen MR) is 155 cm³/mol. The van der Waals surface area contributed by atoms with Gasteiger partial charge in [-0.1, -0.05) is 107 Å². The van der Waals surface area contributed by atoms with Gasteiger partial charge >= 0.3 is 11.9 Å². The molecule has 0 aliphatic heterocycles. The lowest BCUT2D eigenvalue weighted by Gasteiger charge is -2.13. The van der Waals surface area contributed by atoms with Crippen molar-refractivity contribution >= 4 is 11.9 Å². The number of carbonyl (C=O) groups excluding carboxylic acids is 2. The van der Waals surface area contributed by atoms with Crippen molar-refractivity contribution in [2.75, 3.05) is 19.8 Å². The Morgan fingerprint density at radius 3 is 1.68 bits per heavy atom. The van der Waals surface area contributed by atoms with E-state index in [-0.39, 0.29) is 11.9 Å². The quantitative estimate of drug-likeness (QED) is 0.120. The van der Waals surface area contributed by atoms with E-state index in [9.17, 15) is 9.59 Å². The first-order valence-electron chi connectivity index (χ1n) is 14.7. The van der Waals surface area contributed by atoms with E-state index >= 15 is 0 Å². The smallest absolute Gasteiger partial charge is 0.338 e. The minimum Gasteiger partial charge on any atom is -0.493 e. The van der Waals surface area contributed by atoms with Crippen LogP contribution in [0.1, 0.15) is 114 Å². The summed E-state index contributed by atoms with van der Waals surface area (Å²) in [6.45, 7) is 4.86. The first-order valence-corrected chi connectivity index (χ1v) is 14.7. The van der Waals surface area contributed by atoms with Crippen LogP contribution in [0.25, 0.3) is 11.1 Å². The van der Waals surface area contributed by atoms with Gasteiger partial charge in [0, 0.05) is 12.5 Å². The van der Waals surface area contributed by atoms with Crippen molar-refractivity contribution in [1.29, 1.82) is 0 Å². The summed E-state index contributed by atoms with van der Waals surface area (Å²) < 4.78 is 16.3. The molecule has 0 aliphatic carbocycles. The van der Waals surface area contributed by atoms with E-state index in [0.29, 0.717) is 25.4 Å². The van der Waals surface area contributed by atoms with Crippen LogP contribution in [0.15, 0.2) is 48.5 Å². The Morgan fingerprint density at radius 2 is 1.16 bits per heavy atom. The first kappa shape index (κ1) is 31.4. The van der Waals surface area contributed by atoms with Gasteiger partial charge in [0.05, 0.1) is 25.4 Å². The third-order valence-corrected chi connectivity index (χ3v) is 6.68. The predicted octanol–water partition coefficient (Wildman–Crippen LogP) is 8.93. The number of benzene rings is 2. The second-order valence-corrected chi connectivity index (χ2v) is 9.94. The summed E-state index contributed by atoms with van der Waals surface area (Å²) in [7, 11) is 0. The van der Waals surface area contributed by atoms with Crippen LogP contribution in [0.3, 0.4) is 0 Å². The molecule has 5 heteroatoms. The topological polar surface area (TPSA) is 61.8 Å². The Morgan fingerprint density at radius 1 is 0.632 bits per heavy atom. The number of hydrogen-bond acceptors (Lipinski definition) is 5. The van der Waals surface area contributed by atoms with Crippen molar-refractivity contribution in [3.8, 4) is 16.9 Å². The zero-order valence-corrected chi connectivity index (χ0v) is 23.7. The third kappa shape index (κ3) is 13.6. The molecule has 5 nitrogen and oxygen atoms in total. The van der Waals surface area contributed by atoms with Gasteiger partial charge in [-0.05, 0) is 43.5 Å². The van der Waals surface area contributed by atoms with E-state index < -0.39 is 0 Å². The van der Waals surface area contributed by atoms with E-state index in [1.807, 2.05) is 43.3 Å². The van der Waals surface area contributed by atoms with Crippen LogP contribution in [-0.2, 0) is 14.3 Å². The first-order chi connectivity index (χ1) is 18.6. The van der Waals surface area contributed by atoms with Gasteiger partial charge in [-0.15, -0.1) is 0 Å². The van der Waals surface area contributed by atoms with Gasteiger partial charge < -0.3 is 14.2 Å². The molecule has 0 aliphatic rings. The van der Waals surface area contributed by atoms with Crippen molar-refractivity contribution in [3.63, 3.8) is 0 Å². The molecule has 210 valence electrons. The normalized spacial score (nSPS) is 10.8. The Bertz CT molecular complexity index is 909. The highest BCUT2D eigenvalue weighted by molar-refractivity contribution is 5.91. The summed E-state index contributed by atoms with van der Waals surface area (Å²) in [5, 5.41) is 0. The van der Waals surface area contributed by atoms with Gasteiger partial charge in [-0.3, -0.25) is 4.79 Å². The lowest BCUT2D eigenvalue weighted by atomic mass is 10.0. The molecule has 0 saturated carbocycles. The maximum Gasteiger partial charge on any atom is 0.338 e. The molecule has 0 radical (unpaired) electrons. The monoisotopic (exact) mass is 524 g/mol. The van der Waals surface area contributed by atoms with Crippen molar-refractivity contribution in [2.24, 2.45) is 0 Å². The molecule has 0 atom stereocenters. The van der Waals surface area contributed by atoms with Crippen LogP contribution in [-0.4, -0.2) is 31.8 Å². The fraction of sp³-hybridized carbons (Fsp3) is 0.576. The van der Waals surface area contributed by atoms with E-state index in [1.165, 1.54) is 71.1 Å². The SMILES string of the molecule is CCOC(=O)c1ccc(-c2ccccc2)c(OCCCCCCCCCCCCCCCCOC(C)=O)c1. The molecule has 0 aromatic heterocycles. The fourth-order valence-corrected chi connectivity index (χ4v) is 4.56. The van der Waals surface area contributed by atoms with Gasteiger partial charge in [0.2, 0.25) is 0 Å². The summed E-state index contributed by atoms with van der Waals surface area (Å²) in [5.74, 6) is 0.250. The van der Waals surface area contributed by atoms with Gasteiger partial charge in [0.25, 0.3) is 0 Å². The number of carbonyl (C=O) groups is 2. The van der Waals surface area contributed by atoms with Crippen molar-refractivity contribution in [1.82, 2.24) is 0 Å². The molecule has 0 bridgehead atoms. The number of ether oxygens (including phenoxy) is 3. The second kappa shape index (κ2) is 20.2.